The van der Waals surface area contributed by atoms with Gasteiger partial charge in [0, 0.05) is 31.9 Å². The van der Waals surface area contributed by atoms with Crippen LogP contribution in [-0.2, 0) is 25.8 Å². The van der Waals surface area contributed by atoms with Gasteiger partial charge in [0.1, 0.15) is 11.5 Å². The van der Waals surface area contributed by atoms with Gasteiger partial charge in [0.25, 0.3) is 0 Å². The number of piperidine rings is 1. The highest BCUT2D eigenvalue weighted by Crippen LogP contribution is 2.27. The Balaban J connectivity index is 1.30. The van der Waals surface area contributed by atoms with Gasteiger partial charge in [-0.1, -0.05) is 10.3 Å². The van der Waals surface area contributed by atoms with Crippen LogP contribution in [0.2, 0.25) is 0 Å². The minimum absolute atomic E-state index is 0.660. The molecule has 6 nitrogen and oxygen atoms in total. The number of hydrogen-bond donors (Lipinski definition) is 0. The molecule has 0 aromatic carbocycles. The SMILES string of the molecule is Cc1nc(CC2CCN(Cc3noc4c3CCCC4)CC2)no1. The molecule has 4 rings (SSSR count). The molecule has 3 heterocycles. The summed E-state index contributed by atoms with van der Waals surface area (Å²) in [6.07, 6.45) is 8.03. The van der Waals surface area contributed by atoms with Gasteiger partial charge in [-0.2, -0.15) is 4.98 Å². The van der Waals surface area contributed by atoms with Crippen LogP contribution in [0, 0.1) is 12.8 Å². The summed E-state index contributed by atoms with van der Waals surface area (Å²) in [5.74, 6) is 3.31. The molecule has 0 atom stereocenters. The Kier molecular flexibility index (Phi) is 4.16. The molecule has 124 valence electrons. The van der Waals surface area contributed by atoms with Crippen molar-refractivity contribution in [3.05, 3.63) is 28.7 Å². The number of nitrogens with zero attached hydrogens (tertiary/aromatic N) is 4. The molecule has 0 saturated carbocycles. The third kappa shape index (κ3) is 3.32. The maximum absolute atomic E-state index is 5.53. The van der Waals surface area contributed by atoms with Gasteiger partial charge in [-0.15, -0.1) is 0 Å². The molecule has 1 aliphatic heterocycles. The molecule has 1 saturated heterocycles. The molecule has 0 spiro atoms. The Morgan fingerprint density at radius 3 is 2.70 bits per heavy atom. The zero-order chi connectivity index (χ0) is 15.6. The van der Waals surface area contributed by atoms with Gasteiger partial charge in [0.2, 0.25) is 5.89 Å². The number of likely N-dealkylation sites (tertiary alicyclic amines) is 1. The highest BCUT2D eigenvalue weighted by molar-refractivity contribution is 5.25. The van der Waals surface area contributed by atoms with Gasteiger partial charge >= 0.3 is 0 Å². The van der Waals surface area contributed by atoms with Crippen LogP contribution in [0.15, 0.2) is 9.05 Å². The van der Waals surface area contributed by atoms with Crippen molar-refractivity contribution < 1.29 is 9.05 Å². The van der Waals surface area contributed by atoms with Crippen LogP contribution in [0.3, 0.4) is 0 Å². The molecule has 0 amide bonds. The Hall–Kier alpha value is -1.69. The number of aromatic nitrogens is 3. The van der Waals surface area contributed by atoms with Crippen molar-refractivity contribution in [1.82, 2.24) is 20.2 Å². The number of aryl methyl sites for hydroxylation is 2. The first-order valence-electron chi connectivity index (χ1n) is 8.76. The van der Waals surface area contributed by atoms with Crippen LogP contribution in [0.1, 0.15) is 54.4 Å². The van der Waals surface area contributed by atoms with Crippen molar-refractivity contribution in [1.29, 1.82) is 0 Å². The summed E-state index contributed by atoms with van der Waals surface area (Å²) in [5, 5.41) is 8.35. The van der Waals surface area contributed by atoms with Crippen LogP contribution in [-0.4, -0.2) is 33.3 Å². The summed E-state index contributed by atoms with van der Waals surface area (Å²) in [6, 6.07) is 0. The lowest BCUT2D eigenvalue weighted by atomic mass is 9.92. The first-order valence-corrected chi connectivity index (χ1v) is 8.76. The zero-order valence-electron chi connectivity index (χ0n) is 13.8. The molecule has 0 bridgehead atoms. The van der Waals surface area contributed by atoms with Crippen LogP contribution in [0.4, 0.5) is 0 Å². The highest BCUT2D eigenvalue weighted by atomic mass is 16.5. The molecule has 0 N–H and O–H groups in total. The predicted octanol–water partition coefficient (Wildman–Crippen LogP) is 2.70. The van der Waals surface area contributed by atoms with Crippen LogP contribution in [0.5, 0.6) is 0 Å². The van der Waals surface area contributed by atoms with Crippen LogP contribution >= 0.6 is 0 Å². The third-order valence-electron chi connectivity index (χ3n) is 5.15. The maximum Gasteiger partial charge on any atom is 0.223 e. The second kappa shape index (κ2) is 6.43. The van der Waals surface area contributed by atoms with E-state index in [1.165, 1.54) is 36.9 Å². The van der Waals surface area contributed by atoms with E-state index in [9.17, 15) is 0 Å². The Bertz CT molecular complexity index is 655. The minimum atomic E-state index is 0.660. The van der Waals surface area contributed by atoms with Crippen molar-refractivity contribution in [3.8, 4) is 0 Å². The molecule has 1 aliphatic carbocycles. The van der Waals surface area contributed by atoms with Gasteiger partial charge in [-0.25, -0.2) is 0 Å². The van der Waals surface area contributed by atoms with E-state index in [0.717, 1.165) is 50.5 Å². The average molecular weight is 316 g/mol. The smallest absolute Gasteiger partial charge is 0.223 e. The predicted molar refractivity (Wildman–Crippen MR) is 83.9 cm³/mol. The second-order valence-electron chi connectivity index (χ2n) is 6.89. The summed E-state index contributed by atoms with van der Waals surface area (Å²) >= 11 is 0. The molecule has 0 unspecified atom stereocenters. The molecule has 2 aromatic heterocycles. The van der Waals surface area contributed by atoms with Gasteiger partial charge in [-0.05, 0) is 51.1 Å². The largest absolute Gasteiger partial charge is 0.361 e. The Labute approximate surface area is 136 Å². The van der Waals surface area contributed by atoms with E-state index >= 15 is 0 Å². The first-order chi connectivity index (χ1) is 11.3. The lowest BCUT2D eigenvalue weighted by molar-refractivity contribution is 0.171. The van der Waals surface area contributed by atoms with Crippen molar-refractivity contribution in [3.63, 3.8) is 0 Å². The monoisotopic (exact) mass is 316 g/mol. The Morgan fingerprint density at radius 2 is 1.91 bits per heavy atom. The fraction of sp³-hybridized carbons (Fsp3) is 0.706. The molecule has 0 radical (unpaired) electrons. The summed E-state index contributed by atoms with van der Waals surface area (Å²) in [4.78, 5) is 6.82. The fourth-order valence-corrected chi connectivity index (χ4v) is 3.82. The van der Waals surface area contributed by atoms with Crippen LogP contribution in [0.25, 0.3) is 0 Å². The van der Waals surface area contributed by atoms with Crippen molar-refractivity contribution in [2.75, 3.05) is 13.1 Å². The normalized spacial score (nSPS) is 19.9. The maximum atomic E-state index is 5.53. The summed E-state index contributed by atoms with van der Waals surface area (Å²) in [7, 11) is 0. The number of fused-ring (bicyclic) bond motifs is 1. The quantitative estimate of drug-likeness (QED) is 0.864. The molecule has 6 heteroatoms. The van der Waals surface area contributed by atoms with Gasteiger partial charge in [0.05, 0.1) is 0 Å². The van der Waals surface area contributed by atoms with Gasteiger partial charge in [-0.3, -0.25) is 4.90 Å². The van der Waals surface area contributed by atoms with Crippen molar-refractivity contribution in [2.45, 2.75) is 58.4 Å². The Morgan fingerprint density at radius 1 is 1.09 bits per heavy atom. The van der Waals surface area contributed by atoms with Crippen molar-refractivity contribution >= 4 is 0 Å². The summed E-state index contributed by atoms with van der Waals surface area (Å²) in [5.41, 5.74) is 2.56. The van der Waals surface area contributed by atoms with E-state index in [2.05, 4.69) is 20.2 Å². The summed E-state index contributed by atoms with van der Waals surface area (Å²) in [6.45, 7) is 5.01. The van der Waals surface area contributed by atoms with E-state index in [-0.39, 0.29) is 0 Å². The fourth-order valence-electron chi connectivity index (χ4n) is 3.82. The highest BCUT2D eigenvalue weighted by Gasteiger charge is 2.25. The van der Waals surface area contributed by atoms with Crippen LogP contribution < -0.4 is 0 Å². The minimum Gasteiger partial charge on any atom is -0.361 e. The molecule has 2 aliphatic rings. The standard InChI is InChI=1S/C17H24N4O2/c1-12-18-17(20-22-12)10-13-6-8-21(9-7-13)11-15-14-4-2-3-5-16(14)23-19-15/h13H,2-11H2,1H3. The molecule has 1 fully saturated rings. The van der Waals surface area contributed by atoms with E-state index < -0.39 is 0 Å². The molecular weight excluding hydrogens is 292 g/mol. The van der Waals surface area contributed by atoms with E-state index in [1.54, 1.807) is 0 Å². The van der Waals surface area contributed by atoms with E-state index in [4.69, 9.17) is 9.05 Å². The molecular formula is C17H24N4O2. The van der Waals surface area contributed by atoms with E-state index in [1.807, 2.05) is 6.92 Å². The topological polar surface area (TPSA) is 68.2 Å². The molecule has 23 heavy (non-hydrogen) atoms. The van der Waals surface area contributed by atoms with Gasteiger partial charge < -0.3 is 9.05 Å². The van der Waals surface area contributed by atoms with Gasteiger partial charge in [0.15, 0.2) is 5.82 Å². The second-order valence-corrected chi connectivity index (χ2v) is 6.89. The molecule has 2 aromatic rings. The number of rotatable bonds is 4. The third-order valence-corrected chi connectivity index (χ3v) is 5.15. The average Bonchev–Trinajstić information content (AvgIpc) is 3.16. The first kappa shape index (κ1) is 14.9. The lowest BCUT2D eigenvalue weighted by Gasteiger charge is -2.31. The lowest BCUT2D eigenvalue weighted by Crippen LogP contribution is -2.34. The van der Waals surface area contributed by atoms with E-state index in [0.29, 0.717) is 11.8 Å². The summed E-state index contributed by atoms with van der Waals surface area (Å²) < 4.78 is 10.6. The zero-order valence-corrected chi connectivity index (χ0v) is 13.8. The number of hydrogen-bond acceptors (Lipinski definition) is 6. The van der Waals surface area contributed by atoms with Crippen molar-refractivity contribution in [2.24, 2.45) is 5.92 Å².